The van der Waals surface area contributed by atoms with Crippen LogP contribution < -0.4 is 5.73 Å². The van der Waals surface area contributed by atoms with Crippen molar-refractivity contribution in [3.05, 3.63) is 5.82 Å². The van der Waals surface area contributed by atoms with Crippen LogP contribution in [0.1, 0.15) is 32.6 Å². The summed E-state index contributed by atoms with van der Waals surface area (Å²) in [5, 5.41) is 10.9. The van der Waals surface area contributed by atoms with Gasteiger partial charge in [-0.05, 0) is 26.0 Å². The molecule has 5 nitrogen and oxygen atoms in total. The number of hydrogen-bond donors (Lipinski definition) is 1. The number of hydrogen-bond acceptors (Lipinski definition) is 4. The Morgan fingerprint density at radius 2 is 1.93 bits per heavy atom. The molecule has 0 aliphatic carbocycles. The zero-order valence-electron chi connectivity index (χ0n) is 8.28. The van der Waals surface area contributed by atoms with Crippen LogP contribution in [0.2, 0.25) is 0 Å². The Morgan fingerprint density at radius 1 is 1.36 bits per heavy atom. The lowest BCUT2D eigenvalue weighted by molar-refractivity contribution is 0.112. The normalized spacial score (nSPS) is 14.8. The molecule has 2 N–H and O–H groups in total. The number of alkyl halides is 2. The van der Waals surface area contributed by atoms with Crippen LogP contribution in [0.3, 0.4) is 0 Å². The fraction of sp³-hybridized carbons (Fsp3) is 0.857. The molecule has 80 valence electrons. The van der Waals surface area contributed by atoms with Crippen LogP contribution >= 0.6 is 0 Å². The average Bonchev–Trinajstić information content (AvgIpc) is 2.49. The van der Waals surface area contributed by atoms with Gasteiger partial charge in [0, 0.05) is 0 Å². The molecule has 0 spiro atoms. The van der Waals surface area contributed by atoms with E-state index in [9.17, 15) is 8.78 Å². The van der Waals surface area contributed by atoms with Crippen LogP contribution in [0.25, 0.3) is 0 Å². The zero-order chi connectivity index (χ0) is 10.9. The third-order valence-corrected chi connectivity index (χ3v) is 1.60. The van der Waals surface area contributed by atoms with Crippen molar-refractivity contribution >= 4 is 0 Å². The summed E-state index contributed by atoms with van der Waals surface area (Å²) in [5.74, 6) is -0.130. The molecule has 0 saturated carbocycles. The highest BCUT2D eigenvalue weighted by Crippen LogP contribution is 2.15. The van der Waals surface area contributed by atoms with E-state index in [-0.39, 0.29) is 11.4 Å². The number of nitrogens with two attached hydrogens (primary N) is 1. The molecule has 1 aromatic rings. The molecular weight excluding hydrogens is 192 g/mol. The Morgan fingerprint density at radius 3 is 2.29 bits per heavy atom. The number of halogens is 2. The Labute approximate surface area is 80.3 Å². The van der Waals surface area contributed by atoms with Crippen molar-refractivity contribution < 1.29 is 8.78 Å². The van der Waals surface area contributed by atoms with Gasteiger partial charge in [-0.1, -0.05) is 0 Å². The van der Waals surface area contributed by atoms with Gasteiger partial charge in [-0.3, -0.25) is 0 Å². The molecule has 1 aromatic heterocycles. The van der Waals surface area contributed by atoms with Crippen molar-refractivity contribution in [2.24, 2.45) is 5.73 Å². The predicted octanol–water partition coefficient (Wildman–Crippen LogP) is 0.693. The first-order valence-electron chi connectivity index (χ1n) is 4.16. The maximum Gasteiger partial charge on any atom is 0.260 e. The van der Waals surface area contributed by atoms with E-state index in [1.54, 1.807) is 0 Å². The van der Waals surface area contributed by atoms with Gasteiger partial charge in [0.2, 0.25) is 0 Å². The number of nitrogens with zero attached hydrogens (tertiary/aromatic N) is 4. The third kappa shape index (κ3) is 2.22. The summed E-state index contributed by atoms with van der Waals surface area (Å²) in [6.07, 6.45) is -2.67. The van der Waals surface area contributed by atoms with Crippen LogP contribution in [0.5, 0.6) is 0 Å². The van der Waals surface area contributed by atoms with Crippen LogP contribution in [-0.2, 0) is 5.54 Å². The third-order valence-electron chi connectivity index (χ3n) is 1.60. The van der Waals surface area contributed by atoms with E-state index >= 15 is 0 Å². The zero-order valence-corrected chi connectivity index (χ0v) is 8.28. The minimum absolute atomic E-state index is 0.130. The first-order chi connectivity index (χ1) is 6.32. The first kappa shape index (κ1) is 11.0. The summed E-state index contributed by atoms with van der Waals surface area (Å²) in [6, 6.07) is -1.47. The molecule has 0 saturated heterocycles. The molecule has 1 unspecified atom stereocenters. The lowest BCUT2D eigenvalue weighted by Gasteiger charge is -2.15. The summed E-state index contributed by atoms with van der Waals surface area (Å²) in [7, 11) is 0. The lowest BCUT2D eigenvalue weighted by atomic mass is 10.1. The molecule has 1 heterocycles. The minimum atomic E-state index is -2.67. The van der Waals surface area contributed by atoms with Crippen molar-refractivity contribution in [3.63, 3.8) is 0 Å². The van der Waals surface area contributed by atoms with E-state index < -0.39 is 12.5 Å². The van der Waals surface area contributed by atoms with E-state index in [1.165, 1.54) is 4.80 Å². The van der Waals surface area contributed by atoms with Gasteiger partial charge < -0.3 is 5.73 Å². The molecule has 1 rings (SSSR count). The first-order valence-corrected chi connectivity index (χ1v) is 4.16. The molecule has 7 heteroatoms. The summed E-state index contributed by atoms with van der Waals surface area (Å²) < 4.78 is 24.4. The van der Waals surface area contributed by atoms with Gasteiger partial charge in [-0.25, -0.2) is 8.78 Å². The Bertz CT molecular complexity index is 303. The molecule has 0 amide bonds. The fourth-order valence-corrected chi connectivity index (χ4v) is 0.755. The molecule has 1 atom stereocenters. The monoisotopic (exact) mass is 205 g/mol. The van der Waals surface area contributed by atoms with Gasteiger partial charge in [0.05, 0.1) is 5.54 Å². The number of rotatable bonds is 2. The molecule has 0 fully saturated rings. The quantitative estimate of drug-likeness (QED) is 0.771. The van der Waals surface area contributed by atoms with Crippen molar-refractivity contribution in [3.8, 4) is 0 Å². The second kappa shape index (κ2) is 3.56. The number of aromatic nitrogens is 4. The SMILES string of the molecule is CC(C)(C)n1nnc(C(N)C(F)F)n1. The van der Waals surface area contributed by atoms with Crippen molar-refractivity contribution in [2.75, 3.05) is 0 Å². The predicted molar refractivity (Wildman–Crippen MR) is 45.7 cm³/mol. The summed E-state index contributed by atoms with van der Waals surface area (Å²) >= 11 is 0. The van der Waals surface area contributed by atoms with Gasteiger partial charge in [-0.15, -0.1) is 10.2 Å². The minimum Gasteiger partial charge on any atom is -0.316 e. The Kier molecular flexibility index (Phi) is 2.79. The van der Waals surface area contributed by atoms with E-state index in [1.807, 2.05) is 20.8 Å². The van der Waals surface area contributed by atoms with E-state index in [0.717, 1.165) is 0 Å². The molecule has 0 aliphatic rings. The summed E-state index contributed by atoms with van der Waals surface area (Å²) in [4.78, 5) is 1.27. The van der Waals surface area contributed by atoms with Gasteiger partial charge in [0.25, 0.3) is 6.43 Å². The number of tetrazole rings is 1. The van der Waals surface area contributed by atoms with Crippen LogP contribution in [0.15, 0.2) is 0 Å². The Balaban J connectivity index is 2.89. The van der Waals surface area contributed by atoms with Crippen molar-refractivity contribution in [2.45, 2.75) is 38.8 Å². The highest BCUT2D eigenvalue weighted by atomic mass is 19.3. The van der Waals surface area contributed by atoms with E-state index in [4.69, 9.17) is 5.73 Å². The highest BCUT2D eigenvalue weighted by molar-refractivity contribution is 4.89. The van der Waals surface area contributed by atoms with Gasteiger partial charge in [0.15, 0.2) is 5.82 Å². The second-order valence-corrected chi connectivity index (χ2v) is 3.97. The van der Waals surface area contributed by atoms with Gasteiger partial charge >= 0.3 is 0 Å². The molecule has 0 aliphatic heterocycles. The van der Waals surface area contributed by atoms with E-state index in [2.05, 4.69) is 15.4 Å². The Hall–Kier alpha value is -1.11. The fourth-order valence-electron chi connectivity index (χ4n) is 0.755. The highest BCUT2D eigenvalue weighted by Gasteiger charge is 2.25. The standard InChI is InChI=1S/C7H13F2N5/c1-7(2,3)14-12-6(11-13-14)4(10)5(8)9/h4-5H,10H2,1-3H3. The topological polar surface area (TPSA) is 69.6 Å². The van der Waals surface area contributed by atoms with Gasteiger partial charge in [0.1, 0.15) is 6.04 Å². The summed E-state index contributed by atoms with van der Waals surface area (Å²) in [6.45, 7) is 5.52. The molecule has 0 bridgehead atoms. The van der Waals surface area contributed by atoms with Crippen molar-refractivity contribution in [1.29, 1.82) is 0 Å². The van der Waals surface area contributed by atoms with Gasteiger partial charge in [-0.2, -0.15) is 4.80 Å². The molecular formula is C7H13F2N5. The van der Waals surface area contributed by atoms with E-state index in [0.29, 0.717) is 0 Å². The van der Waals surface area contributed by atoms with Crippen LogP contribution in [0, 0.1) is 0 Å². The molecule has 0 radical (unpaired) electrons. The molecule has 14 heavy (non-hydrogen) atoms. The smallest absolute Gasteiger partial charge is 0.260 e. The van der Waals surface area contributed by atoms with Crippen molar-refractivity contribution in [1.82, 2.24) is 20.2 Å². The summed E-state index contributed by atoms with van der Waals surface area (Å²) in [5.41, 5.74) is 4.78. The van der Waals surface area contributed by atoms with Crippen LogP contribution in [0.4, 0.5) is 8.78 Å². The lowest BCUT2D eigenvalue weighted by Crippen LogP contribution is -2.26. The average molecular weight is 205 g/mol. The second-order valence-electron chi connectivity index (χ2n) is 3.97. The maximum atomic E-state index is 12.2. The largest absolute Gasteiger partial charge is 0.316 e. The maximum absolute atomic E-state index is 12.2. The molecule has 0 aromatic carbocycles. The van der Waals surface area contributed by atoms with Crippen LogP contribution in [-0.4, -0.2) is 26.6 Å².